The van der Waals surface area contributed by atoms with Crippen molar-refractivity contribution in [3.63, 3.8) is 0 Å². The first kappa shape index (κ1) is 13.5. The topological polar surface area (TPSA) is 65.8 Å². The Kier molecular flexibility index (Phi) is 3.84. The van der Waals surface area contributed by atoms with Crippen LogP contribution in [0.3, 0.4) is 0 Å². The molecule has 2 heterocycles. The molecule has 2 aromatic rings. The van der Waals surface area contributed by atoms with Crippen molar-refractivity contribution >= 4 is 33.8 Å². The molecule has 19 heavy (non-hydrogen) atoms. The van der Waals surface area contributed by atoms with E-state index in [1.54, 1.807) is 6.07 Å². The van der Waals surface area contributed by atoms with E-state index >= 15 is 0 Å². The number of halogens is 1. The van der Waals surface area contributed by atoms with Gasteiger partial charge in [-0.1, -0.05) is 11.6 Å². The first-order valence-corrected chi connectivity index (χ1v) is 6.65. The van der Waals surface area contributed by atoms with Gasteiger partial charge in [0.1, 0.15) is 16.2 Å². The van der Waals surface area contributed by atoms with E-state index in [9.17, 15) is 4.79 Å². The van der Waals surface area contributed by atoms with Crippen molar-refractivity contribution in [2.45, 2.75) is 13.8 Å². The van der Waals surface area contributed by atoms with Crippen LogP contribution in [0.15, 0.2) is 18.3 Å². The van der Waals surface area contributed by atoms with Crippen LogP contribution in [0, 0.1) is 25.2 Å². The van der Waals surface area contributed by atoms with Gasteiger partial charge in [0.15, 0.2) is 0 Å². The smallest absolute Gasteiger partial charge is 0.256 e. The first-order chi connectivity index (χ1) is 9.02. The highest BCUT2D eigenvalue weighted by Crippen LogP contribution is 2.31. The fourth-order valence-electron chi connectivity index (χ4n) is 1.57. The number of hydrogen-bond donors (Lipinski definition) is 1. The van der Waals surface area contributed by atoms with E-state index in [0.717, 1.165) is 10.4 Å². The Balaban J connectivity index is 2.30. The third-order valence-electron chi connectivity index (χ3n) is 2.71. The van der Waals surface area contributed by atoms with Crippen molar-refractivity contribution < 1.29 is 4.79 Å². The summed E-state index contributed by atoms with van der Waals surface area (Å²) in [7, 11) is 0. The van der Waals surface area contributed by atoms with Gasteiger partial charge >= 0.3 is 0 Å². The lowest BCUT2D eigenvalue weighted by Crippen LogP contribution is -2.11. The fourth-order valence-corrected chi connectivity index (χ4v) is 2.75. The van der Waals surface area contributed by atoms with Crippen LogP contribution in [0.25, 0.3) is 0 Å². The van der Waals surface area contributed by atoms with Gasteiger partial charge in [0, 0.05) is 16.6 Å². The molecule has 0 aliphatic rings. The number of carbonyl (C=O) groups excluding carboxylic acids is 1. The van der Waals surface area contributed by atoms with E-state index in [1.165, 1.54) is 23.6 Å². The summed E-state index contributed by atoms with van der Waals surface area (Å²) in [5, 5.41) is 12.7. The minimum atomic E-state index is -0.304. The van der Waals surface area contributed by atoms with Crippen molar-refractivity contribution in [2.75, 3.05) is 5.32 Å². The van der Waals surface area contributed by atoms with Gasteiger partial charge in [0.05, 0.1) is 5.56 Å². The summed E-state index contributed by atoms with van der Waals surface area (Å²) in [6.45, 7) is 3.78. The number of nitriles is 1. The highest BCUT2D eigenvalue weighted by atomic mass is 35.5. The van der Waals surface area contributed by atoms with E-state index in [2.05, 4.69) is 16.4 Å². The Morgan fingerprint density at radius 2 is 2.26 bits per heavy atom. The van der Waals surface area contributed by atoms with E-state index in [4.69, 9.17) is 16.9 Å². The largest absolute Gasteiger partial charge is 0.312 e. The molecule has 2 aromatic heterocycles. The zero-order valence-corrected chi connectivity index (χ0v) is 11.9. The Morgan fingerprint density at radius 3 is 2.89 bits per heavy atom. The van der Waals surface area contributed by atoms with Crippen LogP contribution in [-0.4, -0.2) is 10.9 Å². The number of thiophene rings is 1. The maximum Gasteiger partial charge on any atom is 0.256 e. The minimum absolute atomic E-state index is 0.256. The van der Waals surface area contributed by atoms with E-state index in [1.807, 2.05) is 13.8 Å². The van der Waals surface area contributed by atoms with Gasteiger partial charge in [-0.15, -0.1) is 11.3 Å². The Labute approximate surface area is 119 Å². The van der Waals surface area contributed by atoms with Gasteiger partial charge < -0.3 is 5.32 Å². The predicted molar refractivity (Wildman–Crippen MR) is 75.7 cm³/mol. The second-order valence-electron chi connectivity index (χ2n) is 3.92. The molecule has 0 saturated heterocycles. The maximum absolute atomic E-state index is 12.1. The molecule has 0 bridgehead atoms. The van der Waals surface area contributed by atoms with Crippen molar-refractivity contribution in [1.29, 1.82) is 5.26 Å². The molecular weight excluding hydrogens is 282 g/mol. The summed E-state index contributed by atoms with van der Waals surface area (Å²) in [6, 6.07) is 5.16. The molecule has 0 radical (unpaired) electrons. The Hall–Kier alpha value is -1.90. The second kappa shape index (κ2) is 5.39. The number of pyridine rings is 1. The summed E-state index contributed by atoms with van der Waals surface area (Å²) in [5.74, 6) is -0.304. The fraction of sp³-hybridized carbons (Fsp3) is 0.154. The van der Waals surface area contributed by atoms with Crippen LogP contribution < -0.4 is 5.32 Å². The van der Waals surface area contributed by atoms with Crippen LogP contribution in [0.2, 0.25) is 5.15 Å². The van der Waals surface area contributed by atoms with Gasteiger partial charge in [0.2, 0.25) is 0 Å². The van der Waals surface area contributed by atoms with Gasteiger partial charge in [-0.2, -0.15) is 5.26 Å². The van der Waals surface area contributed by atoms with Crippen molar-refractivity contribution in [2.24, 2.45) is 0 Å². The van der Waals surface area contributed by atoms with Crippen LogP contribution in [0.1, 0.15) is 26.4 Å². The predicted octanol–water partition coefficient (Wildman–Crippen LogP) is 3.54. The molecule has 96 valence electrons. The number of amides is 1. The number of aromatic nitrogens is 1. The molecule has 0 atom stereocenters. The van der Waals surface area contributed by atoms with Crippen molar-refractivity contribution in [3.8, 4) is 6.07 Å². The van der Waals surface area contributed by atoms with Crippen molar-refractivity contribution in [1.82, 2.24) is 4.98 Å². The molecule has 0 aromatic carbocycles. The van der Waals surface area contributed by atoms with Crippen LogP contribution in [0.5, 0.6) is 0 Å². The third kappa shape index (κ3) is 2.75. The lowest BCUT2D eigenvalue weighted by Gasteiger charge is -2.03. The molecule has 0 aliphatic carbocycles. The molecular formula is C13H10ClN3OS. The zero-order chi connectivity index (χ0) is 14.0. The lowest BCUT2D eigenvalue weighted by molar-refractivity contribution is 0.102. The molecule has 0 fully saturated rings. The highest BCUT2D eigenvalue weighted by Gasteiger charge is 2.15. The molecule has 1 amide bonds. The highest BCUT2D eigenvalue weighted by molar-refractivity contribution is 7.16. The summed E-state index contributed by atoms with van der Waals surface area (Å²) in [4.78, 5) is 16.9. The zero-order valence-electron chi connectivity index (χ0n) is 10.3. The standard InChI is InChI=1S/C13H10ClN3OS/c1-7-8(2)19-13(10(7)6-15)17-12(18)9-3-4-16-11(14)5-9/h3-5H,1-2H3,(H,17,18). The SMILES string of the molecule is Cc1sc(NC(=O)c2ccnc(Cl)c2)c(C#N)c1C. The summed E-state index contributed by atoms with van der Waals surface area (Å²) in [5.41, 5.74) is 1.82. The molecule has 0 spiro atoms. The van der Waals surface area contributed by atoms with E-state index in [-0.39, 0.29) is 11.1 Å². The van der Waals surface area contributed by atoms with Crippen LogP contribution in [0.4, 0.5) is 5.00 Å². The lowest BCUT2D eigenvalue weighted by atomic mass is 10.2. The van der Waals surface area contributed by atoms with E-state index in [0.29, 0.717) is 16.1 Å². The normalized spacial score (nSPS) is 10.0. The minimum Gasteiger partial charge on any atom is -0.312 e. The average molecular weight is 292 g/mol. The number of rotatable bonds is 2. The van der Waals surface area contributed by atoms with Gasteiger partial charge in [-0.05, 0) is 31.5 Å². The molecule has 6 heteroatoms. The molecule has 0 aliphatic heterocycles. The van der Waals surface area contributed by atoms with Gasteiger partial charge in [-0.3, -0.25) is 4.79 Å². The number of aryl methyl sites for hydroxylation is 1. The molecule has 4 nitrogen and oxygen atoms in total. The van der Waals surface area contributed by atoms with Gasteiger partial charge in [0.25, 0.3) is 5.91 Å². The molecule has 1 N–H and O–H groups in total. The Bertz CT molecular complexity index is 688. The number of hydrogen-bond acceptors (Lipinski definition) is 4. The molecule has 0 saturated carbocycles. The number of anilines is 1. The monoisotopic (exact) mass is 291 g/mol. The molecule has 2 rings (SSSR count). The summed E-state index contributed by atoms with van der Waals surface area (Å²) >= 11 is 7.13. The third-order valence-corrected chi connectivity index (χ3v) is 4.04. The summed E-state index contributed by atoms with van der Waals surface area (Å²) < 4.78 is 0. The first-order valence-electron chi connectivity index (χ1n) is 5.46. The second-order valence-corrected chi connectivity index (χ2v) is 5.53. The maximum atomic E-state index is 12.1. The summed E-state index contributed by atoms with van der Waals surface area (Å²) in [6.07, 6.45) is 1.47. The molecule has 0 unspecified atom stereocenters. The van der Waals surface area contributed by atoms with E-state index < -0.39 is 0 Å². The van der Waals surface area contributed by atoms with Crippen LogP contribution in [-0.2, 0) is 0 Å². The van der Waals surface area contributed by atoms with Crippen molar-refractivity contribution in [3.05, 3.63) is 45.1 Å². The quantitative estimate of drug-likeness (QED) is 0.861. The van der Waals surface area contributed by atoms with Gasteiger partial charge in [-0.25, -0.2) is 4.98 Å². The Morgan fingerprint density at radius 1 is 1.53 bits per heavy atom. The van der Waals surface area contributed by atoms with Crippen LogP contribution >= 0.6 is 22.9 Å². The number of carbonyl (C=O) groups is 1. The number of nitrogens with one attached hydrogen (secondary N) is 1. The average Bonchev–Trinajstić information content (AvgIpc) is 2.64. The number of nitrogens with zero attached hydrogens (tertiary/aromatic N) is 2.